The first-order valence-electron chi connectivity index (χ1n) is 10.2. The number of aromatic nitrogens is 2. The quantitative estimate of drug-likeness (QED) is 0.282. The van der Waals surface area contributed by atoms with Gasteiger partial charge in [0, 0.05) is 17.0 Å². The maximum absolute atomic E-state index is 13.5. The Morgan fingerprint density at radius 1 is 0.909 bits per heavy atom. The maximum atomic E-state index is 13.5. The molecule has 0 radical (unpaired) electrons. The SMILES string of the molecule is COc1ccc(C=Cc2ccc3c(c2)c2c(Cl)ccnc2n3S(=O)(=O)c2ccccc2)cc1. The monoisotopic (exact) mass is 474 g/mol. The van der Waals surface area contributed by atoms with Crippen LogP contribution in [-0.2, 0) is 10.0 Å². The van der Waals surface area contributed by atoms with E-state index in [-0.39, 0.29) is 4.90 Å². The van der Waals surface area contributed by atoms with E-state index >= 15 is 0 Å². The molecule has 0 fully saturated rings. The molecule has 5 nitrogen and oxygen atoms in total. The minimum atomic E-state index is -3.87. The van der Waals surface area contributed by atoms with Crippen LogP contribution in [0.15, 0.2) is 90.0 Å². The summed E-state index contributed by atoms with van der Waals surface area (Å²) >= 11 is 6.52. The maximum Gasteiger partial charge on any atom is 0.269 e. The van der Waals surface area contributed by atoms with Crippen molar-refractivity contribution in [3.63, 3.8) is 0 Å². The highest BCUT2D eigenvalue weighted by atomic mass is 35.5. The number of benzene rings is 3. The summed E-state index contributed by atoms with van der Waals surface area (Å²) in [6.07, 6.45) is 5.48. The molecule has 0 saturated heterocycles. The van der Waals surface area contributed by atoms with Gasteiger partial charge in [-0.1, -0.05) is 60.2 Å². The number of ether oxygens (including phenoxy) is 1. The second kappa shape index (κ2) is 8.39. The van der Waals surface area contributed by atoms with Crippen LogP contribution in [0.1, 0.15) is 11.1 Å². The molecule has 2 heterocycles. The molecule has 164 valence electrons. The Kier molecular flexibility index (Phi) is 5.40. The molecule has 5 rings (SSSR count). The van der Waals surface area contributed by atoms with E-state index in [2.05, 4.69) is 4.98 Å². The van der Waals surface area contributed by atoms with Crippen molar-refractivity contribution in [2.24, 2.45) is 0 Å². The summed E-state index contributed by atoms with van der Waals surface area (Å²) in [6.45, 7) is 0. The molecule has 0 spiro atoms. The van der Waals surface area contributed by atoms with Crippen molar-refractivity contribution in [3.05, 3.63) is 101 Å². The first-order chi connectivity index (χ1) is 16.0. The highest BCUT2D eigenvalue weighted by Gasteiger charge is 2.25. The van der Waals surface area contributed by atoms with Crippen LogP contribution in [0, 0.1) is 0 Å². The fraction of sp³-hybridized carbons (Fsp3) is 0.0385. The molecule has 0 N–H and O–H groups in total. The van der Waals surface area contributed by atoms with E-state index in [1.54, 1.807) is 49.6 Å². The van der Waals surface area contributed by atoms with Gasteiger partial charge in [-0.05, 0) is 53.6 Å². The predicted molar refractivity (Wildman–Crippen MR) is 133 cm³/mol. The van der Waals surface area contributed by atoms with E-state index in [9.17, 15) is 8.42 Å². The standard InChI is InChI=1S/C26H19ClN2O3S/c1-32-20-12-9-18(10-13-20)7-8-19-11-14-24-22(17-19)25-23(27)15-16-28-26(25)29(24)33(30,31)21-5-3-2-4-6-21/h2-17H,1H3. The molecule has 0 bridgehead atoms. The van der Waals surface area contributed by atoms with Gasteiger partial charge in [0.15, 0.2) is 5.65 Å². The molecular formula is C26H19ClN2O3S. The Hall–Kier alpha value is -3.61. The van der Waals surface area contributed by atoms with E-state index in [0.29, 0.717) is 21.6 Å². The minimum absolute atomic E-state index is 0.189. The topological polar surface area (TPSA) is 61.2 Å². The van der Waals surface area contributed by atoms with E-state index in [1.807, 2.05) is 48.6 Å². The van der Waals surface area contributed by atoms with Gasteiger partial charge in [-0.2, -0.15) is 0 Å². The zero-order valence-electron chi connectivity index (χ0n) is 17.6. The molecule has 3 aromatic carbocycles. The lowest BCUT2D eigenvalue weighted by Gasteiger charge is -2.08. The molecule has 0 aliphatic carbocycles. The lowest BCUT2D eigenvalue weighted by atomic mass is 10.1. The van der Waals surface area contributed by atoms with Crippen LogP contribution < -0.4 is 4.74 Å². The van der Waals surface area contributed by atoms with Crippen LogP contribution in [0.3, 0.4) is 0 Å². The molecule has 0 aliphatic heterocycles. The normalized spacial score (nSPS) is 12.1. The second-order valence-electron chi connectivity index (χ2n) is 7.46. The van der Waals surface area contributed by atoms with Gasteiger partial charge in [0.1, 0.15) is 5.75 Å². The number of nitrogens with zero attached hydrogens (tertiary/aromatic N) is 2. The zero-order chi connectivity index (χ0) is 23.0. The average molecular weight is 475 g/mol. The molecule has 0 amide bonds. The molecular weight excluding hydrogens is 456 g/mol. The predicted octanol–water partition coefficient (Wildman–Crippen LogP) is 6.26. The Labute approximate surface area is 196 Å². The fourth-order valence-electron chi connectivity index (χ4n) is 3.83. The van der Waals surface area contributed by atoms with Crippen LogP contribution in [0.5, 0.6) is 5.75 Å². The Bertz CT molecular complexity index is 1610. The highest BCUT2D eigenvalue weighted by Crippen LogP contribution is 2.36. The van der Waals surface area contributed by atoms with E-state index in [0.717, 1.165) is 22.3 Å². The van der Waals surface area contributed by atoms with Gasteiger partial charge in [0.05, 0.1) is 22.5 Å². The van der Waals surface area contributed by atoms with Gasteiger partial charge in [-0.15, -0.1) is 0 Å². The van der Waals surface area contributed by atoms with Crippen LogP contribution >= 0.6 is 11.6 Å². The molecule has 5 aromatic rings. The van der Waals surface area contributed by atoms with E-state index in [1.165, 1.54) is 10.2 Å². The third-order valence-corrected chi connectivity index (χ3v) is 7.48. The highest BCUT2D eigenvalue weighted by molar-refractivity contribution is 7.90. The molecule has 0 saturated carbocycles. The molecule has 7 heteroatoms. The number of halogens is 1. The molecule has 0 aliphatic rings. The molecule has 2 aromatic heterocycles. The van der Waals surface area contributed by atoms with Crippen molar-refractivity contribution in [2.75, 3.05) is 7.11 Å². The zero-order valence-corrected chi connectivity index (χ0v) is 19.2. The third kappa shape index (κ3) is 3.77. The van der Waals surface area contributed by atoms with Crippen LogP contribution in [0.25, 0.3) is 34.1 Å². The van der Waals surface area contributed by atoms with Gasteiger partial charge in [0.25, 0.3) is 10.0 Å². The summed E-state index contributed by atoms with van der Waals surface area (Å²) < 4.78 is 33.5. The van der Waals surface area contributed by atoms with E-state index in [4.69, 9.17) is 16.3 Å². The third-order valence-electron chi connectivity index (χ3n) is 5.45. The number of hydrogen-bond acceptors (Lipinski definition) is 4. The van der Waals surface area contributed by atoms with Gasteiger partial charge >= 0.3 is 0 Å². The lowest BCUT2D eigenvalue weighted by Crippen LogP contribution is -2.13. The number of methoxy groups -OCH3 is 1. The van der Waals surface area contributed by atoms with Gasteiger partial charge in [0.2, 0.25) is 0 Å². The summed E-state index contributed by atoms with van der Waals surface area (Å²) in [5.41, 5.74) is 2.76. The first kappa shape index (κ1) is 21.2. The van der Waals surface area contributed by atoms with E-state index < -0.39 is 10.0 Å². The van der Waals surface area contributed by atoms with Crippen molar-refractivity contribution in [3.8, 4) is 5.75 Å². The Morgan fingerprint density at radius 2 is 1.61 bits per heavy atom. The molecule has 0 atom stereocenters. The largest absolute Gasteiger partial charge is 0.497 e. The summed E-state index contributed by atoms with van der Waals surface area (Å²) in [7, 11) is -2.24. The summed E-state index contributed by atoms with van der Waals surface area (Å²) in [5, 5.41) is 1.77. The molecule has 33 heavy (non-hydrogen) atoms. The van der Waals surface area contributed by atoms with Crippen LogP contribution in [0.4, 0.5) is 0 Å². The van der Waals surface area contributed by atoms with Crippen molar-refractivity contribution in [1.82, 2.24) is 8.96 Å². The number of pyridine rings is 1. The number of hydrogen-bond donors (Lipinski definition) is 0. The summed E-state index contributed by atoms with van der Waals surface area (Å²) in [4.78, 5) is 4.57. The van der Waals surface area contributed by atoms with Gasteiger partial charge in [-0.25, -0.2) is 17.4 Å². The summed E-state index contributed by atoms with van der Waals surface area (Å²) in [6, 6.07) is 23.3. The summed E-state index contributed by atoms with van der Waals surface area (Å²) in [5.74, 6) is 0.795. The number of fused-ring (bicyclic) bond motifs is 3. The van der Waals surface area contributed by atoms with Crippen molar-refractivity contribution in [2.45, 2.75) is 4.90 Å². The second-order valence-corrected chi connectivity index (χ2v) is 9.65. The smallest absolute Gasteiger partial charge is 0.269 e. The van der Waals surface area contributed by atoms with Gasteiger partial charge in [-0.3, -0.25) is 0 Å². The first-order valence-corrected chi connectivity index (χ1v) is 12.0. The lowest BCUT2D eigenvalue weighted by molar-refractivity contribution is 0.415. The molecule has 0 unspecified atom stereocenters. The van der Waals surface area contributed by atoms with Crippen molar-refractivity contribution in [1.29, 1.82) is 0 Å². The van der Waals surface area contributed by atoms with Crippen molar-refractivity contribution < 1.29 is 13.2 Å². The average Bonchev–Trinajstić information content (AvgIpc) is 3.19. The fourth-order valence-corrected chi connectivity index (χ4v) is 5.57. The Balaban J connectivity index is 1.68. The Morgan fingerprint density at radius 3 is 2.33 bits per heavy atom. The number of rotatable bonds is 5. The minimum Gasteiger partial charge on any atom is -0.497 e. The van der Waals surface area contributed by atoms with Crippen LogP contribution in [-0.4, -0.2) is 24.5 Å². The van der Waals surface area contributed by atoms with Crippen molar-refractivity contribution >= 4 is 55.7 Å². The van der Waals surface area contributed by atoms with Gasteiger partial charge < -0.3 is 4.74 Å². The van der Waals surface area contributed by atoms with Crippen LogP contribution in [0.2, 0.25) is 5.02 Å².